The molecule has 1 aromatic carbocycles. The standard InChI is InChI=1S/C17H19N3O3/c1-9-18-14-5-4-11(6-15(14)19-9)16(21)20-7-12(10-2-3-10)13(8-20)17(22)23/h4-6,10,12-13H,2-3,7-8H2,1H3,(H,18,19)(H,22,23)/t12-,13+/m1/s1. The van der Waals surface area contributed by atoms with Gasteiger partial charge in [0.2, 0.25) is 0 Å². The number of hydrogen-bond donors (Lipinski definition) is 2. The number of aliphatic carboxylic acids is 1. The molecule has 4 rings (SSSR count). The molecule has 2 fully saturated rings. The highest BCUT2D eigenvalue weighted by molar-refractivity contribution is 5.97. The normalized spacial score (nSPS) is 24.3. The number of carboxylic acid groups (broad SMARTS) is 1. The van der Waals surface area contributed by atoms with Crippen LogP contribution >= 0.6 is 0 Å². The molecule has 0 bridgehead atoms. The monoisotopic (exact) mass is 313 g/mol. The minimum atomic E-state index is -0.781. The third kappa shape index (κ3) is 2.48. The van der Waals surface area contributed by atoms with Crippen molar-refractivity contribution in [1.29, 1.82) is 0 Å². The lowest BCUT2D eigenvalue weighted by Crippen LogP contribution is -2.29. The van der Waals surface area contributed by atoms with E-state index in [9.17, 15) is 14.7 Å². The number of aromatic nitrogens is 2. The minimum absolute atomic E-state index is 0.0893. The van der Waals surface area contributed by atoms with E-state index in [-0.39, 0.29) is 11.8 Å². The van der Waals surface area contributed by atoms with Crippen LogP contribution in [0.5, 0.6) is 0 Å². The Morgan fingerprint density at radius 2 is 2.09 bits per heavy atom. The molecule has 1 saturated carbocycles. The number of rotatable bonds is 3. The molecule has 2 heterocycles. The quantitative estimate of drug-likeness (QED) is 0.908. The number of likely N-dealkylation sites (tertiary alicyclic amines) is 1. The van der Waals surface area contributed by atoms with E-state index in [2.05, 4.69) is 9.97 Å². The Balaban J connectivity index is 1.59. The summed E-state index contributed by atoms with van der Waals surface area (Å²) < 4.78 is 0. The third-order valence-corrected chi connectivity index (χ3v) is 5.04. The molecular formula is C17H19N3O3. The van der Waals surface area contributed by atoms with Gasteiger partial charge in [0, 0.05) is 18.7 Å². The van der Waals surface area contributed by atoms with Gasteiger partial charge in [-0.25, -0.2) is 4.98 Å². The number of hydrogen-bond acceptors (Lipinski definition) is 3. The first-order valence-electron chi connectivity index (χ1n) is 8.01. The van der Waals surface area contributed by atoms with Gasteiger partial charge in [-0.1, -0.05) is 0 Å². The first kappa shape index (κ1) is 14.2. The van der Waals surface area contributed by atoms with Crippen LogP contribution < -0.4 is 0 Å². The average Bonchev–Trinajstić information content (AvgIpc) is 3.14. The fourth-order valence-corrected chi connectivity index (χ4v) is 3.71. The molecule has 120 valence electrons. The van der Waals surface area contributed by atoms with E-state index >= 15 is 0 Å². The second kappa shape index (κ2) is 5.08. The number of amides is 1. The van der Waals surface area contributed by atoms with Crippen LogP contribution in [0.2, 0.25) is 0 Å². The van der Waals surface area contributed by atoms with E-state index in [1.807, 2.05) is 13.0 Å². The summed E-state index contributed by atoms with van der Waals surface area (Å²) in [6.45, 7) is 2.75. The number of aromatic amines is 1. The largest absolute Gasteiger partial charge is 0.481 e. The Bertz CT molecular complexity index is 793. The van der Waals surface area contributed by atoms with Crippen molar-refractivity contribution < 1.29 is 14.7 Å². The predicted molar refractivity (Wildman–Crippen MR) is 84.1 cm³/mol. The van der Waals surface area contributed by atoms with Crippen molar-refractivity contribution in [3.63, 3.8) is 0 Å². The van der Waals surface area contributed by atoms with Gasteiger partial charge < -0.3 is 15.0 Å². The number of nitrogens with one attached hydrogen (secondary N) is 1. The van der Waals surface area contributed by atoms with Gasteiger partial charge in [-0.15, -0.1) is 0 Å². The molecule has 2 N–H and O–H groups in total. The Morgan fingerprint density at radius 1 is 1.30 bits per heavy atom. The summed E-state index contributed by atoms with van der Waals surface area (Å²) in [5.74, 6) is 0.0988. The summed E-state index contributed by atoms with van der Waals surface area (Å²) in [5.41, 5.74) is 2.25. The van der Waals surface area contributed by atoms with Gasteiger partial charge in [0.1, 0.15) is 5.82 Å². The summed E-state index contributed by atoms with van der Waals surface area (Å²) in [6.07, 6.45) is 2.19. The van der Waals surface area contributed by atoms with Crippen LogP contribution in [0.15, 0.2) is 18.2 Å². The molecule has 0 unspecified atom stereocenters. The molecule has 1 amide bonds. The fraction of sp³-hybridized carbons (Fsp3) is 0.471. The van der Waals surface area contributed by atoms with Crippen molar-refractivity contribution in [3.8, 4) is 0 Å². The number of nitrogens with zero attached hydrogens (tertiary/aromatic N) is 2. The molecule has 2 aromatic rings. The third-order valence-electron chi connectivity index (χ3n) is 5.04. The molecular weight excluding hydrogens is 294 g/mol. The molecule has 0 radical (unpaired) electrons. The second-order valence-corrected chi connectivity index (χ2v) is 6.71. The molecule has 1 aliphatic heterocycles. The Labute approximate surface area is 133 Å². The van der Waals surface area contributed by atoms with E-state index < -0.39 is 11.9 Å². The van der Waals surface area contributed by atoms with Crippen molar-refractivity contribution in [2.75, 3.05) is 13.1 Å². The van der Waals surface area contributed by atoms with Crippen molar-refractivity contribution >= 4 is 22.9 Å². The molecule has 2 atom stereocenters. The smallest absolute Gasteiger partial charge is 0.308 e. The Kier molecular flexibility index (Phi) is 3.14. The second-order valence-electron chi connectivity index (χ2n) is 6.71. The van der Waals surface area contributed by atoms with Crippen molar-refractivity contribution in [2.45, 2.75) is 19.8 Å². The van der Waals surface area contributed by atoms with Crippen LogP contribution in [0.3, 0.4) is 0 Å². The number of aryl methyl sites for hydroxylation is 1. The Morgan fingerprint density at radius 3 is 2.78 bits per heavy atom. The summed E-state index contributed by atoms with van der Waals surface area (Å²) in [5, 5.41) is 9.42. The summed E-state index contributed by atoms with van der Waals surface area (Å²) >= 11 is 0. The zero-order chi connectivity index (χ0) is 16.1. The van der Waals surface area contributed by atoms with Crippen LogP contribution in [-0.2, 0) is 4.79 Å². The number of H-pyrrole nitrogens is 1. The first-order chi connectivity index (χ1) is 11.0. The van der Waals surface area contributed by atoms with E-state index in [0.29, 0.717) is 24.6 Å². The SMILES string of the molecule is Cc1nc2ccc(C(=O)N3C[C@H](C(=O)O)[C@@H](C4CC4)C3)cc2[nH]1. The maximum absolute atomic E-state index is 12.8. The Hall–Kier alpha value is -2.37. The van der Waals surface area contributed by atoms with Gasteiger partial charge in [-0.05, 0) is 49.8 Å². The number of fused-ring (bicyclic) bond motifs is 1. The van der Waals surface area contributed by atoms with Crippen molar-refractivity contribution in [3.05, 3.63) is 29.6 Å². The molecule has 6 nitrogen and oxygen atoms in total. The number of carbonyl (C=O) groups is 2. The van der Waals surface area contributed by atoms with Crippen molar-refractivity contribution in [1.82, 2.24) is 14.9 Å². The molecule has 6 heteroatoms. The van der Waals surface area contributed by atoms with Gasteiger partial charge in [0.25, 0.3) is 5.91 Å². The number of imidazole rings is 1. The first-order valence-corrected chi connectivity index (χ1v) is 8.01. The molecule has 0 spiro atoms. The van der Waals surface area contributed by atoms with Crippen LogP contribution in [0.1, 0.15) is 29.0 Å². The zero-order valence-electron chi connectivity index (χ0n) is 13.0. The maximum atomic E-state index is 12.8. The van der Waals surface area contributed by atoms with Crippen LogP contribution in [0, 0.1) is 24.7 Å². The predicted octanol–water partition coefficient (Wildman–Crippen LogP) is 2.05. The van der Waals surface area contributed by atoms with Crippen molar-refractivity contribution in [2.24, 2.45) is 17.8 Å². The molecule has 1 aliphatic carbocycles. The fourth-order valence-electron chi connectivity index (χ4n) is 3.71. The van der Waals surface area contributed by atoms with E-state index in [1.54, 1.807) is 17.0 Å². The van der Waals surface area contributed by atoms with E-state index in [1.165, 1.54) is 0 Å². The van der Waals surface area contributed by atoms with Crippen LogP contribution in [0.4, 0.5) is 0 Å². The van der Waals surface area contributed by atoms with E-state index in [4.69, 9.17) is 0 Å². The van der Waals surface area contributed by atoms with Gasteiger partial charge in [-0.2, -0.15) is 0 Å². The van der Waals surface area contributed by atoms with Crippen LogP contribution in [-0.4, -0.2) is 44.9 Å². The maximum Gasteiger partial charge on any atom is 0.308 e. The molecule has 1 saturated heterocycles. The lowest BCUT2D eigenvalue weighted by atomic mass is 9.92. The number of benzene rings is 1. The van der Waals surface area contributed by atoms with Gasteiger partial charge >= 0.3 is 5.97 Å². The average molecular weight is 313 g/mol. The highest BCUT2D eigenvalue weighted by Crippen LogP contribution is 2.44. The lowest BCUT2D eigenvalue weighted by Gasteiger charge is -2.16. The van der Waals surface area contributed by atoms with Gasteiger partial charge in [0.05, 0.1) is 17.0 Å². The molecule has 1 aromatic heterocycles. The minimum Gasteiger partial charge on any atom is -0.481 e. The number of carbonyl (C=O) groups excluding carboxylic acids is 1. The highest BCUT2D eigenvalue weighted by Gasteiger charge is 2.46. The number of carboxylic acids is 1. The zero-order valence-corrected chi connectivity index (χ0v) is 13.0. The van der Waals surface area contributed by atoms with E-state index in [0.717, 1.165) is 29.7 Å². The molecule has 2 aliphatic rings. The lowest BCUT2D eigenvalue weighted by molar-refractivity contribution is -0.142. The van der Waals surface area contributed by atoms with Gasteiger partial charge in [0.15, 0.2) is 0 Å². The summed E-state index contributed by atoms with van der Waals surface area (Å²) in [4.78, 5) is 33.4. The molecule has 23 heavy (non-hydrogen) atoms. The highest BCUT2D eigenvalue weighted by atomic mass is 16.4. The van der Waals surface area contributed by atoms with Gasteiger partial charge in [-0.3, -0.25) is 9.59 Å². The summed E-state index contributed by atoms with van der Waals surface area (Å²) in [6, 6.07) is 5.40. The van der Waals surface area contributed by atoms with Crippen LogP contribution in [0.25, 0.3) is 11.0 Å². The topological polar surface area (TPSA) is 86.3 Å². The summed E-state index contributed by atoms with van der Waals surface area (Å²) in [7, 11) is 0.